The second kappa shape index (κ2) is 9.47. The molecule has 3 aromatic carbocycles. The Kier molecular flexibility index (Phi) is 6.54. The van der Waals surface area contributed by atoms with Crippen LogP contribution in [0.25, 0.3) is 11.1 Å². The molecule has 0 aliphatic heterocycles. The van der Waals surface area contributed by atoms with Gasteiger partial charge in [-0.15, -0.1) is 0 Å². The first kappa shape index (κ1) is 20.7. The highest BCUT2D eigenvalue weighted by molar-refractivity contribution is 5.95. The van der Waals surface area contributed by atoms with Crippen molar-refractivity contribution in [3.8, 4) is 11.1 Å². The lowest BCUT2D eigenvalue weighted by Crippen LogP contribution is -2.22. The van der Waals surface area contributed by atoms with E-state index in [4.69, 9.17) is 4.74 Å². The second-order valence-corrected chi connectivity index (χ2v) is 6.67. The molecule has 0 aliphatic rings. The summed E-state index contributed by atoms with van der Waals surface area (Å²) in [7, 11) is 0. The van der Waals surface area contributed by atoms with Crippen LogP contribution in [-0.4, -0.2) is 23.4 Å². The number of rotatable bonds is 7. The highest BCUT2D eigenvalue weighted by Gasteiger charge is 2.18. The van der Waals surface area contributed by atoms with Crippen LogP contribution in [0.5, 0.6) is 0 Å². The molecule has 7 nitrogen and oxygen atoms in total. The van der Waals surface area contributed by atoms with Crippen LogP contribution >= 0.6 is 0 Å². The molecule has 1 amide bonds. The van der Waals surface area contributed by atoms with Gasteiger partial charge in [0.15, 0.2) is 6.61 Å². The van der Waals surface area contributed by atoms with E-state index in [-0.39, 0.29) is 17.8 Å². The van der Waals surface area contributed by atoms with Crippen molar-refractivity contribution in [2.24, 2.45) is 0 Å². The Balaban J connectivity index is 1.54. The molecule has 3 aromatic rings. The number of carbonyl (C=O) groups excluding carboxylic acids is 2. The fraction of sp³-hybridized carbons (Fsp3) is 0.130. The van der Waals surface area contributed by atoms with Gasteiger partial charge in [-0.25, -0.2) is 0 Å². The van der Waals surface area contributed by atoms with Crippen molar-refractivity contribution in [1.82, 2.24) is 0 Å². The van der Waals surface area contributed by atoms with Gasteiger partial charge >= 0.3 is 5.97 Å². The summed E-state index contributed by atoms with van der Waals surface area (Å²) in [6, 6.07) is 21.8. The summed E-state index contributed by atoms with van der Waals surface area (Å²) < 4.78 is 5.01. The highest BCUT2D eigenvalue weighted by Crippen LogP contribution is 2.27. The molecule has 0 unspecified atom stereocenters. The number of anilines is 1. The van der Waals surface area contributed by atoms with Crippen LogP contribution in [-0.2, 0) is 20.7 Å². The van der Waals surface area contributed by atoms with Gasteiger partial charge in [0, 0.05) is 6.07 Å². The Morgan fingerprint density at radius 2 is 1.60 bits per heavy atom. The minimum Gasteiger partial charge on any atom is -0.455 e. The van der Waals surface area contributed by atoms with Crippen molar-refractivity contribution in [3.63, 3.8) is 0 Å². The van der Waals surface area contributed by atoms with E-state index in [2.05, 4.69) is 5.32 Å². The highest BCUT2D eigenvalue weighted by atomic mass is 16.6. The molecular formula is C23H20N2O5. The summed E-state index contributed by atoms with van der Waals surface area (Å²) in [6.07, 6.45) is 0.0207. The second-order valence-electron chi connectivity index (χ2n) is 6.67. The molecule has 0 heterocycles. The van der Waals surface area contributed by atoms with Gasteiger partial charge in [-0.2, -0.15) is 0 Å². The quantitative estimate of drug-likeness (QED) is 0.360. The summed E-state index contributed by atoms with van der Waals surface area (Å²) in [6.45, 7) is 1.13. The predicted octanol–water partition coefficient (Wildman–Crippen LogP) is 4.29. The zero-order valence-corrected chi connectivity index (χ0v) is 16.3. The van der Waals surface area contributed by atoms with Crippen LogP contribution in [0.2, 0.25) is 0 Å². The van der Waals surface area contributed by atoms with E-state index in [1.165, 1.54) is 12.1 Å². The Morgan fingerprint density at radius 3 is 2.27 bits per heavy atom. The van der Waals surface area contributed by atoms with E-state index in [1.54, 1.807) is 13.0 Å². The van der Waals surface area contributed by atoms with E-state index >= 15 is 0 Å². The number of hydrogen-bond acceptors (Lipinski definition) is 5. The van der Waals surface area contributed by atoms with E-state index < -0.39 is 23.4 Å². The maximum Gasteiger partial charge on any atom is 0.310 e. The van der Waals surface area contributed by atoms with Crippen LogP contribution in [0.3, 0.4) is 0 Å². The summed E-state index contributed by atoms with van der Waals surface area (Å²) in [5.41, 5.74) is 3.30. The molecule has 0 bridgehead atoms. The molecule has 30 heavy (non-hydrogen) atoms. The van der Waals surface area contributed by atoms with E-state index in [9.17, 15) is 19.7 Å². The van der Waals surface area contributed by atoms with Crippen molar-refractivity contribution >= 4 is 23.3 Å². The SMILES string of the molecule is Cc1cccc([N+](=O)[O-])c1NC(=O)COC(=O)Cc1ccc(-c2ccccc2)cc1. The Labute approximate surface area is 173 Å². The third-order valence-corrected chi connectivity index (χ3v) is 4.49. The van der Waals surface area contributed by atoms with E-state index in [0.717, 1.165) is 16.7 Å². The average molecular weight is 404 g/mol. The average Bonchev–Trinajstić information content (AvgIpc) is 2.75. The number of amides is 1. The van der Waals surface area contributed by atoms with Gasteiger partial charge in [0.2, 0.25) is 0 Å². The Hall–Kier alpha value is -4.00. The maximum absolute atomic E-state index is 12.1. The van der Waals surface area contributed by atoms with Crippen LogP contribution in [0.4, 0.5) is 11.4 Å². The smallest absolute Gasteiger partial charge is 0.310 e. The molecule has 0 spiro atoms. The first-order valence-electron chi connectivity index (χ1n) is 9.28. The van der Waals surface area contributed by atoms with Gasteiger partial charge in [0.05, 0.1) is 11.3 Å². The van der Waals surface area contributed by atoms with E-state index in [0.29, 0.717) is 5.56 Å². The van der Waals surface area contributed by atoms with Gasteiger partial charge in [0.25, 0.3) is 11.6 Å². The number of nitro benzene ring substituents is 1. The van der Waals surface area contributed by atoms with Crippen LogP contribution in [0.1, 0.15) is 11.1 Å². The Morgan fingerprint density at radius 1 is 0.933 bits per heavy atom. The zero-order valence-electron chi connectivity index (χ0n) is 16.3. The molecule has 0 saturated carbocycles. The number of aryl methyl sites for hydroxylation is 1. The normalized spacial score (nSPS) is 10.3. The van der Waals surface area contributed by atoms with Crippen molar-refractivity contribution in [3.05, 3.63) is 94.0 Å². The van der Waals surface area contributed by atoms with E-state index in [1.807, 2.05) is 54.6 Å². The molecule has 0 radical (unpaired) electrons. The van der Waals surface area contributed by atoms with Gasteiger partial charge in [-0.3, -0.25) is 19.7 Å². The lowest BCUT2D eigenvalue weighted by atomic mass is 10.0. The van der Waals surface area contributed by atoms with Crippen molar-refractivity contribution in [2.45, 2.75) is 13.3 Å². The number of para-hydroxylation sites is 1. The number of ether oxygens (including phenoxy) is 1. The molecule has 3 rings (SSSR count). The third-order valence-electron chi connectivity index (χ3n) is 4.49. The number of hydrogen-bond donors (Lipinski definition) is 1. The van der Waals surface area contributed by atoms with Crippen LogP contribution in [0, 0.1) is 17.0 Å². The molecule has 0 fully saturated rings. The number of carbonyl (C=O) groups is 2. The summed E-state index contributed by atoms with van der Waals surface area (Å²) in [5.74, 6) is -1.20. The zero-order chi connectivity index (χ0) is 21.5. The first-order chi connectivity index (χ1) is 14.4. The number of esters is 1. The predicted molar refractivity (Wildman–Crippen MR) is 113 cm³/mol. The summed E-state index contributed by atoms with van der Waals surface area (Å²) in [4.78, 5) is 34.7. The molecule has 1 N–H and O–H groups in total. The molecule has 0 saturated heterocycles. The van der Waals surface area contributed by atoms with Crippen LogP contribution < -0.4 is 5.32 Å². The number of nitrogens with zero attached hydrogens (tertiary/aromatic N) is 1. The largest absolute Gasteiger partial charge is 0.455 e. The molecule has 7 heteroatoms. The molecule has 0 atom stereocenters. The Bertz CT molecular complexity index is 1060. The van der Waals surface area contributed by atoms with Gasteiger partial charge < -0.3 is 10.1 Å². The first-order valence-corrected chi connectivity index (χ1v) is 9.28. The minimum absolute atomic E-state index is 0.0207. The van der Waals surface area contributed by atoms with Gasteiger partial charge in [0.1, 0.15) is 5.69 Å². The fourth-order valence-corrected chi connectivity index (χ4v) is 2.95. The van der Waals surface area contributed by atoms with Crippen molar-refractivity contribution < 1.29 is 19.2 Å². The number of nitrogens with one attached hydrogen (secondary N) is 1. The van der Waals surface area contributed by atoms with Crippen molar-refractivity contribution in [2.75, 3.05) is 11.9 Å². The third kappa shape index (κ3) is 5.29. The topological polar surface area (TPSA) is 98.5 Å². The molecule has 0 aliphatic carbocycles. The molecule has 152 valence electrons. The summed E-state index contributed by atoms with van der Waals surface area (Å²) >= 11 is 0. The number of nitro groups is 1. The maximum atomic E-state index is 12.1. The lowest BCUT2D eigenvalue weighted by molar-refractivity contribution is -0.384. The monoisotopic (exact) mass is 404 g/mol. The van der Waals surface area contributed by atoms with Crippen LogP contribution in [0.15, 0.2) is 72.8 Å². The standard InChI is InChI=1S/C23H20N2O5/c1-16-6-5-9-20(25(28)29)23(16)24-21(26)15-30-22(27)14-17-10-12-19(13-11-17)18-7-3-2-4-8-18/h2-13H,14-15H2,1H3,(H,24,26). The molecule has 0 aromatic heterocycles. The fourth-order valence-electron chi connectivity index (χ4n) is 2.95. The number of benzene rings is 3. The van der Waals surface area contributed by atoms with Crippen molar-refractivity contribution in [1.29, 1.82) is 0 Å². The minimum atomic E-state index is -0.639. The molecular weight excluding hydrogens is 384 g/mol. The van der Waals surface area contributed by atoms with Gasteiger partial charge in [-0.1, -0.05) is 66.7 Å². The van der Waals surface area contributed by atoms with Gasteiger partial charge in [-0.05, 0) is 29.2 Å². The lowest BCUT2D eigenvalue weighted by Gasteiger charge is -2.09. The summed E-state index contributed by atoms with van der Waals surface area (Å²) in [5, 5.41) is 13.6.